The molecule has 2 rings (SSSR count). The van der Waals surface area contributed by atoms with Gasteiger partial charge in [-0.25, -0.2) is 0 Å². The molecule has 160 valence electrons. The highest BCUT2D eigenvalue weighted by atomic mass is 16.5. The summed E-state index contributed by atoms with van der Waals surface area (Å²) in [6, 6.07) is 6.93. The van der Waals surface area contributed by atoms with Gasteiger partial charge in [-0.05, 0) is 0 Å². The molecule has 0 fully saturated rings. The Morgan fingerprint density at radius 3 is 1.07 bits per heavy atom. The molecule has 0 amide bonds. The van der Waals surface area contributed by atoms with Crippen LogP contribution in [0.3, 0.4) is 0 Å². The van der Waals surface area contributed by atoms with Gasteiger partial charge in [-0.1, -0.05) is 0 Å². The number of hydrogen-bond acceptors (Lipinski definition) is 10. The summed E-state index contributed by atoms with van der Waals surface area (Å²) >= 11 is 0. The fourth-order valence-electron chi connectivity index (χ4n) is 2.54. The fourth-order valence-corrected chi connectivity index (χ4v) is 2.54. The van der Waals surface area contributed by atoms with Crippen molar-refractivity contribution in [3.8, 4) is 46.6 Å². The molecular formula is C20H24N4O6. The summed E-state index contributed by atoms with van der Waals surface area (Å²) in [7, 11) is 8.82. The molecule has 0 unspecified atom stereocenters. The smallest absolute Gasteiger partial charge is 0.205 e. The van der Waals surface area contributed by atoms with E-state index < -0.39 is 0 Å². The molecule has 2 aromatic rings. The van der Waals surface area contributed by atoms with Crippen molar-refractivity contribution >= 4 is 11.4 Å². The van der Waals surface area contributed by atoms with Gasteiger partial charge < -0.3 is 39.9 Å². The molecule has 4 N–H and O–H groups in total. The van der Waals surface area contributed by atoms with Crippen LogP contribution in [-0.4, -0.2) is 42.7 Å². The zero-order chi connectivity index (χ0) is 22.8. The van der Waals surface area contributed by atoms with Gasteiger partial charge in [0.25, 0.3) is 0 Å². The second-order valence-electron chi connectivity index (χ2n) is 5.44. The predicted molar refractivity (Wildman–Crippen MR) is 110 cm³/mol. The number of anilines is 2. The van der Waals surface area contributed by atoms with Crippen molar-refractivity contribution in [2.75, 3.05) is 54.1 Å². The van der Waals surface area contributed by atoms with E-state index in [-0.39, 0.29) is 11.4 Å². The monoisotopic (exact) mass is 416 g/mol. The van der Waals surface area contributed by atoms with Crippen LogP contribution in [0, 0.1) is 22.7 Å². The summed E-state index contributed by atoms with van der Waals surface area (Å²) in [5.74, 6) is 2.23. The molecule has 2 aromatic carbocycles. The van der Waals surface area contributed by atoms with Crippen LogP contribution in [0.2, 0.25) is 0 Å². The van der Waals surface area contributed by atoms with Gasteiger partial charge in [-0.3, -0.25) is 0 Å². The SMILES string of the molecule is COc1cc(C#N)c(N)c(OC)c1OC.COc1cc(C#N)c(N)c(OC)c1OC. The molecule has 0 spiro atoms. The fraction of sp³-hybridized carbons (Fsp3) is 0.300. The molecule has 0 aliphatic carbocycles. The van der Waals surface area contributed by atoms with E-state index in [0.717, 1.165) is 0 Å². The minimum atomic E-state index is 0.248. The van der Waals surface area contributed by atoms with Crippen molar-refractivity contribution in [1.29, 1.82) is 10.5 Å². The summed E-state index contributed by atoms with van der Waals surface area (Å²) in [6.07, 6.45) is 0. The Balaban J connectivity index is 0.000000300. The number of methoxy groups -OCH3 is 6. The van der Waals surface area contributed by atoms with Crippen LogP contribution in [0.25, 0.3) is 0 Å². The Morgan fingerprint density at radius 1 is 0.567 bits per heavy atom. The summed E-state index contributed by atoms with van der Waals surface area (Å²) < 4.78 is 30.5. The van der Waals surface area contributed by atoms with Gasteiger partial charge in [0.05, 0.1) is 65.2 Å². The molecular weight excluding hydrogens is 392 g/mol. The number of rotatable bonds is 6. The minimum Gasteiger partial charge on any atom is -0.493 e. The molecule has 0 aliphatic heterocycles. The van der Waals surface area contributed by atoms with Crippen molar-refractivity contribution in [2.24, 2.45) is 0 Å². The normalized spacial score (nSPS) is 9.20. The lowest BCUT2D eigenvalue weighted by Gasteiger charge is -2.14. The molecule has 0 saturated heterocycles. The van der Waals surface area contributed by atoms with Crippen molar-refractivity contribution < 1.29 is 28.4 Å². The molecule has 0 saturated carbocycles. The number of benzene rings is 2. The lowest BCUT2D eigenvalue weighted by molar-refractivity contribution is 0.325. The number of nitrogen functional groups attached to an aromatic ring is 2. The highest BCUT2D eigenvalue weighted by molar-refractivity contribution is 5.73. The maximum Gasteiger partial charge on any atom is 0.205 e. The number of nitriles is 2. The molecule has 0 atom stereocenters. The third-order valence-electron chi connectivity index (χ3n) is 3.98. The molecule has 0 heterocycles. The molecule has 0 aliphatic rings. The minimum absolute atomic E-state index is 0.248. The van der Waals surface area contributed by atoms with Crippen molar-refractivity contribution in [1.82, 2.24) is 0 Å². The average Bonchev–Trinajstić information content (AvgIpc) is 2.78. The topological polar surface area (TPSA) is 155 Å². The summed E-state index contributed by atoms with van der Waals surface area (Å²) in [5, 5.41) is 17.7. The Kier molecular flexibility index (Phi) is 8.73. The lowest BCUT2D eigenvalue weighted by Crippen LogP contribution is -2.01. The van der Waals surface area contributed by atoms with E-state index in [0.29, 0.717) is 45.6 Å². The van der Waals surface area contributed by atoms with E-state index in [1.165, 1.54) is 54.8 Å². The van der Waals surface area contributed by atoms with Gasteiger partial charge in [-0.15, -0.1) is 0 Å². The first kappa shape index (κ1) is 23.9. The first-order valence-electron chi connectivity index (χ1n) is 8.35. The lowest BCUT2D eigenvalue weighted by atomic mass is 10.1. The second-order valence-corrected chi connectivity index (χ2v) is 5.44. The van der Waals surface area contributed by atoms with Gasteiger partial charge in [0.15, 0.2) is 23.0 Å². The van der Waals surface area contributed by atoms with Gasteiger partial charge >= 0.3 is 0 Å². The van der Waals surface area contributed by atoms with E-state index in [1.807, 2.05) is 12.1 Å². The van der Waals surface area contributed by atoms with Crippen molar-refractivity contribution in [3.05, 3.63) is 23.3 Å². The Bertz CT molecular complexity index is 900. The predicted octanol–water partition coefficient (Wildman–Crippen LogP) is 2.33. The van der Waals surface area contributed by atoms with E-state index in [4.69, 9.17) is 50.4 Å². The summed E-state index contributed by atoms with van der Waals surface area (Å²) in [4.78, 5) is 0. The number of hydrogen-bond donors (Lipinski definition) is 2. The first-order valence-corrected chi connectivity index (χ1v) is 8.35. The maximum atomic E-state index is 8.84. The van der Waals surface area contributed by atoms with Crippen LogP contribution < -0.4 is 39.9 Å². The quantitative estimate of drug-likeness (QED) is 0.670. The van der Waals surface area contributed by atoms with Gasteiger partial charge in [0.1, 0.15) is 12.1 Å². The maximum absolute atomic E-state index is 8.84. The largest absolute Gasteiger partial charge is 0.493 e. The second kappa shape index (κ2) is 11.0. The highest BCUT2D eigenvalue weighted by Gasteiger charge is 2.19. The van der Waals surface area contributed by atoms with Crippen LogP contribution in [0.15, 0.2) is 12.1 Å². The third kappa shape index (κ3) is 4.62. The molecule has 0 bridgehead atoms. The number of nitrogens with zero attached hydrogens (tertiary/aromatic N) is 2. The van der Waals surface area contributed by atoms with Crippen molar-refractivity contribution in [2.45, 2.75) is 0 Å². The van der Waals surface area contributed by atoms with Crippen LogP contribution >= 0.6 is 0 Å². The first-order chi connectivity index (χ1) is 14.4. The Hall–Kier alpha value is -4.18. The molecule has 0 radical (unpaired) electrons. The molecule has 30 heavy (non-hydrogen) atoms. The van der Waals surface area contributed by atoms with E-state index >= 15 is 0 Å². The number of ether oxygens (including phenoxy) is 6. The van der Waals surface area contributed by atoms with E-state index in [9.17, 15) is 0 Å². The zero-order valence-electron chi connectivity index (χ0n) is 17.7. The van der Waals surface area contributed by atoms with Crippen LogP contribution in [-0.2, 0) is 0 Å². The van der Waals surface area contributed by atoms with E-state index in [2.05, 4.69) is 0 Å². The molecule has 0 aromatic heterocycles. The highest BCUT2D eigenvalue weighted by Crippen LogP contribution is 2.44. The summed E-state index contributed by atoms with van der Waals surface area (Å²) in [5.41, 5.74) is 12.5. The molecule has 10 heteroatoms. The van der Waals surface area contributed by atoms with Gasteiger partial charge in [-0.2, -0.15) is 10.5 Å². The van der Waals surface area contributed by atoms with E-state index in [1.54, 1.807) is 0 Å². The van der Waals surface area contributed by atoms with Gasteiger partial charge in [0, 0.05) is 12.1 Å². The van der Waals surface area contributed by atoms with Crippen LogP contribution in [0.4, 0.5) is 11.4 Å². The third-order valence-corrected chi connectivity index (χ3v) is 3.98. The standard InChI is InChI=1S/2C10H12N2O3/c2*1-13-7-4-6(5-11)8(12)10(15-3)9(7)14-2/h2*4H,12H2,1-3H3. The number of nitrogens with two attached hydrogens (primary N) is 2. The molecule has 10 nitrogen and oxygen atoms in total. The zero-order valence-corrected chi connectivity index (χ0v) is 17.7. The van der Waals surface area contributed by atoms with Crippen LogP contribution in [0.1, 0.15) is 11.1 Å². The Labute approximate surface area is 175 Å². The van der Waals surface area contributed by atoms with Crippen molar-refractivity contribution in [3.63, 3.8) is 0 Å². The Morgan fingerprint density at radius 2 is 0.867 bits per heavy atom. The average molecular weight is 416 g/mol. The van der Waals surface area contributed by atoms with Gasteiger partial charge in [0.2, 0.25) is 11.5 Å². The summed E-state index contributed by atoms with van der Waals surface area (Å²) in [6.45, 7) is 0. The van der Waals surface area contributed by atoms with Crippen LogP contribution in [0.5, 0.6) is 34.5 Å².